The van der Waals surface area contributed by atoms with Crippen LogP contribution in [0.25, 0.3) is 0 Å². The molecule has 0 amide bonds. The van der Waals surface area contributed by atoms with Gasteiger partial charge in [0.25, 0.3) is 0 Å². The maximum absolute atomic E-state index is 13.3. The summed E-state index contributed by atoms with van der Waals surface area (Å²) in [6.07, 6.45) is -2.14. The predicted octanol–water partition coefficient (Wildman–Crippen LogP) is 4.12. The quantitative estimate of drug-likeness (QED) is 0.654. The van der Waals surface area contributed by atoms with Crippen molar-refractivity contribution in [2.24, 2.45) is 0 Å². The summed E-state index contributed by atoms with van der Waals surface area (Å²) in [5.41, 5.74) is -1.15. The Bertz CT molecular complexity index is 830. The second kappa shape index (κ2) is 7.42. The summed E-state index contributed by atoms with van der Waals surface area (Å²) < 4.78 is 51.7. The van der Waals surface area contributed by atoms with Crippen LogP contribution in [0.5, 0.6) is 0 Å². The van der Waals surface area contributed by atoms with Crippen LogP contribution in [0.15, 0.2) is 35.2 Å². The van der Waals surface area contributed by atoms with Crippen LogP contribution in [0.3, 0.4) is 0 Å². The molecule has 8 heteroatoms. The first-order valence-corrected chi connectivity index (χ1v) is 14.6. The van der Waals surface area contributed by atoms with E-state index in [9.17, 15) is 8.42 Å². The van der Waals surface area contributed by atoms with Gasteiger partial charge in [-0.25, -0.2) is 8.42 Å². The molecule has 3 rings (SSSR count). The normalized spacial score (nSPS) is 32.8. The van der Waals surface area contributed by atoms with Gasteiger partial charge in [-0.15, -0.1) is 0 Å². The van der Waals surface area contributed by atoms with Gasteiger partial charge >= 0.3 is 0 Å². The van der Waals surface area contributed by atoms with Gasteiger partial charge in [-0.2, -0.15) is 0 Å². The van der Waals surface area contributed by atoms with Crippen LogP contribution in [-0.4, -0.2) is 52.4 Å². The molecule has 1 aromatic rings. The monoisotopic (exact) mass is 442 g/mol. The Hall–Kier alpha value is -0.773. The molecule has 2 fully saturated rings. The molecule has 0 radical (unpaired) electrons. The molecule has 2 saturated heterocycles. The van der Waals surface area contributed by atoms with Crippen molar-refractivity contribution in [2.75, 3.05) is 0 Å². The van der Waals surface area contributed by atoms with Crippen LogP contribution in [0.1, 0.15) is 41.5 Å². The summed E-state index contributed by atoms with van der Waals surface area (Å²) in [6.45, 7) is 16.3. The van der Waals surface area contributed by atoms with E-state index in [1.165, 1.54) is 0 Å². The van der Waals surface area contributed by atoms with Crippen molar-refractivity contribution in [1.82, 2.24) is 0 Å². The van der Waals surface area contributed by atoms with Crippen molar-refractivity contribution in [3.63, 3.8) is 0 Å². The van der Waals surface area contributed by atoms with Gasteiger partial charge in [0, 0.05) is 0 Å². The minimum atomic E-state index is -3.77. The van der Waals surface area contributed by atoms with E-state index in [-0.39, 0.29) is 9.93 Å². The lowest BCUT2D eigenvalue weighted by Gasteiger charge is -2.46. The zero-order valence-electron chi connectivity index (χ0n) is 18.6. The van der Waals surface area contributed by atoms with E-state index in [4.69, 9.17) is 18.6 Å². The second-order valence-corrected chi connectivity index (χ2v) is 16.8. The first kappa shape index (κ1) is 22.9. The standard InChI is InChI=1S/C21H34O6SSi/c1-14-16(27-29(7,8)20(2,3)4)17-18(26-21(5,6)25-17)19(24-14)28(22,23)15-12-10-9-11-13-15/h9-14,16-19H,1-8H3/t14-,16-,17+,18+,19-/m0/s1. The van der Waals surface area contributed by atoms with Crippen LogP contribution in [0.2, 0.25) is 18.1 Å². The van der Waals surface area contributed by atoms with Crippen LogP contribution in [0.4, 0.5) is 0 Å². The highest BCUT2D eigenvalue weighted by atomic mass is 32.2. The summed E-state index contributed by atoms with van der Waals surface area (Å²) in [5, 5.41) is 0.00413. The average Bonchev–Trinajstić information content (AvgIpc) is 2.92. The molecule has 2 aliphatic rings. The smallest absolute Gasteiger partial charge is 0.207 e. The van der Waals surface area contributed by atoms with E-state index in [2.05, 4.69) is 33.9 Å². The summed E-state index contributed by atoms with van der Waals surface area (Å²) in [6, 6.07) is 8.36. The molecule has 0 N–H and O–H groups in total. The lowest BCUT2D eigenvalue weighted by molar-refractivity contribution is -0.156. The maximum atomic E-state index is 13.3. The Morgan fingerprint density at radius 1 is 1.03 bits per heavy atom. The highest BCUT2D eigenvalue weighted by Crippen LogP contribution is 2.45. The zero-order chi connectivity index (χ0) is 21.8. The van der Waals surface area contributed by atoms with Crippen molar-refractivity contribution in [3.8, 4) is 0 Å². The minimum absolute atomic E-state index is 0.00413. The van der Waals surface area contributed by atoms with Crippen LogP contribution in [-0.2, 0) is 28.5 Å². The van der Waals surface area contributed by atoms with Gasteiger partial charge in [0.2, 0.25) is 9.84 Å². The summed E-state index contributed by atoms with van der Waals surface area (Å²) in [5.74, 6) is -0.914. The van der Waals surface area contributed by atoms with Crippen LogP contribution >= 0.6 is 0 Å². The number of ether oxygens (including phenoxy) is 3. The minimum Gasteiger partial charge on any atom is -0.409 e. The topological polar surface area (TPSA) is 71.1 Å². The first-order valence-electron chi connectivity index (χ1n) is 10.1. The SMILES string of the molecule is C[C@@H]1O[C@@H](S(=O)(=O)c2ccccc2)[C@@H]2OC(C)(C)O[C@@H]2[C@H]1O[Si](C)(C)C(C)(C)C. The molecule has 0 spiro atoms. The van der Waals surface area contributed by atoms with E-state index >= 15 is 0 Å². The molecule has 1 aromatic carbocycles. The van der Waals surface area contributed by atoms with Gasteiger partial charge in [0.1, 0.15) is 12.2 Å². The molecule has 2 aliphatic heterocycles. The van der Waals surface area contributed by atoms with Gasteiger partial charge in [-0.1, -0.05) is 39.0 Å². The van der Waals surface area contributed by atoms with Crippen molar-refractivity contribution < 1.29 is 27.1 Å². The number of rotatable bonds is 4. The van der Waals surface area contributed by atoms with Crippen LogP contribution in [0, 0.1) is 0 Å². The third-order valence-corrected chi connectivity index (χ3v) is 12.6. The van der Waals surface area contributed by atoms with Gasteiger partial charge in [-0.3, -0.25) is 0 Å². The van der Waals surface area contributed by atoms with Crippen molar-refractivity contribution in [2.45, 2.75) is 100 Å². The fourth-order valence-corrected chi connectivity index (χ4v) is 6.64. The van der Waals surface area contributed by atoms with E-state index in [1.807, 2.05) is 6.92 Å². The van der Waals surface area contributed by atoms with E-state index in [1.54, 1.807) is 44.2 Å². The Balaban J connectivity index is 1.97. The third kappa shape index (κ3) is 4.33. The zero-order valence-corrected chi connectivity index (χ0v) is 20.4. The Morgan fingerprint density at radius 2 is 1.59 bits per heavy atom. The molecule has 6 nitrogen and oxygen atoms in total. The molecule has 0 unspecified atom stereocenters. The van der Waals surface area contributed by atoms with E-state index in [0.717, 1.165) is 0 Å². The lowest BCUT2D eigenvalue weighted by Crippen LogP contribution is -2.61. The Morgan fingerprint density at radius 3 is 2.14 bits per heavy atom. The second-order valence-electron chi connectivity index (χ2n) is 9.98. The van der Waals surface area contributed by atoms with Crippen molar-refractivity contribution in [3.05, 3.63) is 30.3 Å². The lowest BCUT2D eigenvalue weighted by atomic mass is 10.0. The third-order valence-electron chi connectivity index (χ3n) is 6.18. The Labute approximate surface area is 175 Å². The van der Waals surface area contributed by atoms with Gasteiger partial charge in [0.15, 0.2) is 19.5 Å². The van der Waals surface area contributed by atoms with Gasteiger partial charge in [-0.05, 0) is 51.0 Å². The molecule has 29 heavy (non-hydrogen) atoms. The molecule has 0 saturated carbocycles. The summed E-state index contributed by atoms with van der Waals surface area (Å²) in [7, 11) is -5.90. The molecular formula is C21H34O6SSi. The number of benzene rings is 1. The largest absolute Gasteiger partial charge is 0.409 e. The van der Waals surface area contributed by atoms with E-state index in [0.29, 0.717) is 0 Å². The number of hydrogen-bond donors (Lipinski definition) is 0. The summed E-state index contributed by atoms with van der Waals surface area (Å²) in [4.78, 5) is 0.216. The van der Waals surface area contributed by atoms with Crippen molar-refractivity contribution in [1.29, 1.82) is 0 Å². The average molecular weight is 443 g/mol. The first-order chi connectivity index (χ1) is 13.2. The molecule has 5 atom stereocenters. The highest BCUT2D eigenvalue weighted by molar-refractivity contribution is 7.92. The highest BCUT2D eigenvalue weighted by Gasteiger charge is 2.59. The van der Waals surface area contributed by atoms with Gasteiger partial charge < -0.3 is 18.6 Å². The number of fused-ring (bicyclic) bond motifs is 1. The molecule has 0 aromatic heterocycles. The number of hydrogen-bond acceptors (Lipinski definition) is 6. The van der Waals surface area contributed by atoms with Gasteiger partial charge in [0.05, 0.1) is 17.1 Å². The predicted molar refractivity (Wildman–Crippen MR) is 114 cm³/mol. The van der Waals surface area contributed by atoms with Crippen LogP contribution < -0.4 is 0 Å². The van der Waals surface area contributed by atoms with E-state index < -0.39 is 53.8 Å². The Kier molecular flexibility index (Phi) is 5.86. The molecule has 164 valence electrons. The fourth-order valence-electron chi connectivity index (χ4n) is 3.59. The molecular weight excluding hydrogens is 408 g/mol. The summed E-state index contributed by atoms with van der Waals surface area (Å²) >= 11 is 0. The number of sulfone groups is 1. The molecule has 0 aliphatic carbocycles. The maximum Gasteiger partial charge on any atom is 0.207 e. The molecule has 0 bridgehead atoms. The molecule has 2 heterocycles. The fraction of sp³-hybridized carbons (Fsp3) is 0.714. The van der Waals surface area contributed by atoms with Crippen molar-refractivity contribution >= 4 is 18.2 Å².